The third-order valence-corrected chi connectivity index (χ3v) is 4.97. The molecule has 1 fully saturated rings. The van der Waals surface area contributed by atoms with Gasteiger partial charge in [0.05, 0.1) is 38.4 Å². The van der Waals surface area contributed by atoms with Crippen LogP contribution < -0.4 is 10.6 Å². The molecule has 7 nitrogen and oxygen atoms in total. The van der Waals surface area contributed by atoms with Crippen molar-refractivity contribution in [2.75, 3.05) is 33.0 Å². The fourth-order valence-corrected chi connectivity index (χ4v) is 3.53. The minimum Gasteiger partial charge on any atom is -0.394 e. The molecular weight excluding hydrogens is 348 g/mol. The van der Waals surface area contributed by atoms with Gasteiger partial charge in [0, 0.05) is 13.0 Å². The Balaban J connectivity index is 2.42. The fraction of sp³-hybridized carbons (Fsp3) is 0.800. The van der Waals surface area contributed by atoms with E-state index in [2.05, 4.69) is 17.2 Å². The smallest absolute Gasteiger partial charge is 0.224 e. The zero-order valence-electron chi connectivity index (χ0n) is 16.3. The molecule has 0 aromatic heterocycles. The first kappa shape index (κ1) is 23.6. The van der Waals surface area contributed by atoms with Gasteiger partial charge in [0.2, 0.25) is 11.8 Å². The van der Waals surface area contributed by atoms with Crippen molar-refractivity contribution in [2.24, 2.45) is 11.8 Å². The molecule has 0 saturated heterocycles. The van der Waals surface area contributed by atoms with Crippen LogP contribution in [-0.4, -0.2) is 61.0 Å². The van der Waals surface area contributed by atoms with Gasteiger partial charge >= 0.3 is 0 Å². The van der Waals surface area contributed by atoms with Crippen LogP contribution in [0.25, 0.3) is 0 Å². The molecule has 0 radical (unpaired) electrons. The summed E-state index contributed by atoms with van der Waals surface area (Å²) in [6.45, 7) is 4.43. The lowest BCUT2D eigenvalue weighted by Crippen LogP contribution is -2.43. The van der Waals surface area contributed by atoms with Gasteiger partial charge in [-0.05, 0) is 18.8 Å². The van der Waals surface area contributed by atoms with E-state index in [4.69, 9.17) is 9.84 Å². The Hall–Kier alpha value is -1.44. The van der Waals surface area contributed by atoms with E-state index in [1.165, 1.54) is 19.3 Å². The maximum atomic E-state index is 12.6. The van der Waals surface area contributed by atoms with Crippen LogP contribution in [0.5, 0.6) is 0 Å². The summed E-state index contributed by atoms with van der Waals surface area (Å²) in [5.41, 5.74) is 0. The first-order chi connectivity index (χ1) is 13.1. The molecule has 4 N–H and O–H groups in total. The second kappa shape index (κ2) is 14.6. The minimum atomic E-state index is -0.499. The summed E-state index contributed by atoms with van der Waals surface area (Å²) in [4.78, 5) is 24.7. The van der Waals surface area contributed by atoms with E-state index >= 15 is 0 Å². The molecule has 1 rings (SSSR count). The van der Waals surface area contributed by atoms with Gasteiger partial charge in [-0.25, -0.2) is 0 Å². The number of hydrogen-bond acceptors (Lipinski definition) is 5. The summed E-state index contributed by atoms with van der Waals surface area (Å²) in [7, 11) is 0. The number of carbonyl (C=O) groups excluding carboxylic acids is 2. The summed E-state index contributed by atoms with van der Waals surface area (Å²) >= 11 is 0. The Morgan fingerprint density at radius 2 is 1.93 bits per heavy atom. The van der Waals surface area contributed by atoms with E-state index in [1.807, 2.05) is 0 Å². The normalized spacial score (nSPS) is 17.1. The van der Waals surface area contributed by atoms with Crippen molar-refractivity contribution in [3.05, 3.63) is 12.7 Å². The summed E-state index contributed by atoms with van der Waals surface area (Å²) < 4.78 is 5.08. The number of aliphatic hydroxyl groups excluding tert-OH is 2. The molecule has 0 spiro atoms. The molecule has 0 bridgehead atoms. The van der Waals surface area contributed by atoms with Crippen LogP contribution in [0.3, 0.4) is 0 Å². The average Bonchev–Trinajstić information content (AvgIpc) is 2.67. The fourth-order valence-electron chi connectivity index (χ4n) is 3.53. The Morgan fingerprint density at radius 3 is 2.56 bits per heavy atom. The van der Waals surface area contributed by atoms with E-state index in [1.54, 1.807) is 6.08 Å². The maximum absolute atomic E-state index is 12.6. The van der Waals surface area contributed by atoms with Crippen molar-refractivity contribution in [3.8, 4) is 0 Å². The predicted octanol–water partition coefficient (Wildman–Crippen LogP) is 1.14. The zero-order valence-corrected chi connectivity index (χ0v) is 16.3. The topological polar surface area (TPSA) is 108 Å². The van der Waals surface area contributed by atoms with Crippen molar-refractivity contribution in [3.63, 3.8) is 0 Å². The highest BCUT2D eigenvalue weighted by Gasteiger charge is 2.25. The average molecular weight is 385 g/mol. The van der Waals surface area contributed by atoms with Crippen LogP contribution in [0, 0.1) is 11.8 Å². The highest BCUT2D eigenvalue weighted by molar-refractivity contribution is 5.86. The number of ether oxygens (including phenoxy) is 1. The van der Waals surface area contributed by atoms with Crippen LogP contribution in [0.2, 0.25) is 0 Å². The van der Waals surface area contributed by atoms with E-state index in [-0.39, 0.29) is 44.1 Å². The SMILES string of the molecule is C=CC[C@H](CC(=O)NCCOCCO)C(=O)N[C@H](CO)CC1CCCCC1. The molecule has 1 aliphatic rings. The maximum Gasteiger partial charge on any atom is 0.224 e. The van der Waals surface area contributed by atoms with Gasteiger partial charge in [-0.2, -0.15) is 0 Å². The second-order valence-electron chi connectivity index (χ2n) is 7.24. The van der Waals surface area contributed by atoms with E-state index in [0.717, 1.165) is 19.3 Å². The number of allylic oxidation sites excluding steroid dienone is 1. The summed E-state index contributed by atoms with van der Waals surface area (Å²) in [5.74, 6) is -0.383. The number of hydrogen-bond donors (Lipinski definition) is 4. The standard InChI is InChI=1S/C20H36N2O5/c1-2-6-17(14-19(25)21-9-11-27-12-10-23)20(26)22-18(15-24)13-16-7-4-3-5-8-16/h2,16-18,23-24H,1,3-15H2,(H,21,25)(H,22,26)/t17-,18+/m1/s1. The molecule has 27 heavy (non-hydrogen) atoms. The zero-order chi connectivity index (χ0) is 19.9. The number of rotatable bonds is 14. The van der Waals surface area contributed by atoms with Gasteiger partial charge in [0.15, 0.2) is 0 Å². The molecular formula is C20H36N2O5. The minimum absolute atomic E-state index is 0.0532. The van der Waals surface area contributed by atoms with Crippen molar-refractivity contribution in [1.82, 2.24) is 10.6 Å². The number of nitrogens with one attached hydrogen (secondary N) is 2. The van der Waals surface area contributed by atoms with Gasteiger partial charge in [0.1, 0.15) is 0 Å². The predicted molar refractivity (Wildman–Crippen MR) is 104 cm³/mol. The monoisotopic (exact) mass is 384 g/mol. The third kappa shape index (κ3) is 10.5. The van der Waals surface area contributed by atoms with Crippen molar-refractivity contribution >= 4 is 11.8 Å². The van der Waals surface area contributed by atoms with Crippen molar-refractivity contribution in [1.29, 1.82) is 0 Å². The Bertz CT molecular complexity index is 438. The molecule has 0 heterocycles. The molecule has 2 amide bonds. The number of aliphatic hydroxyl groups is 2. The van der Waals surface area contributed by atoms with E-state index in [9.17, 15) is 14.7 Å². The molecule has 156 valence electrons. The molecule has 7 heteroatoms. The summed E-state index contributed by atoms with van der Waals surface area (Å²) in [6.07, 6.45) is 8.92. The van der Waals surface area contributed by atoms with Gasteiger partial charge in [-0.1, -0.05) is 38.2 Å². The van der Waals surface area contributed by atoms with Gasteiger partial charge < -0.3 is 25.6 Å². The van der Waals surface area contributed by atoms with Crippen LogP contribution in [0.15, 0.2) is 12.7 Å². The summed E-state index contributed by atoms with van der Waals surface area (Å²) in [5, 5.41) is 23.9. The molecule has 0 aromatic rings. The number of carbonyl (C=O) groups is 2. The van der Waals surface area contributed by atoms with Crippen LogP contribution in [-0.2, 0) is 14.3 Å². The highest BCUT2D eigenvalue weighted by atomic mass is 16.5. The van der Waals surface area contributed by atoms with Gasteiger partial charge in [-0.15, -0.1) is 6.58 Å². The first-order valence-electron chi connectivity index (χ1n) is 10.1. The third-order valence-electron chi connectivity index (χ3n) is 4.97. The van der Waals surface area contributed by atoms with Crippen molar-refractivity contribution < 1.29 is 24.5 Å². The molecule has 1 saturated carbocycles. The molecule has 0 aliphatic heterocycles. The number of amides is 2. The Labute approximate surface area is 162 Å². The first-order valence-corrected chi connectivity index (χ1v) is 10.1. The van der Waals surface area contributed by atoms with Crippen molar-refractivity contribution in [2.45, 2.75) is 57.4 Å². The lowest BCUT2D eigenvalue weighted by molar-refractivity contribution is -0.131. The highest BCUT2D eigenvalue weighted by Crippen LogP contribution is 2.27. The van der Waals surface area contributed by atoms with Crippen LogP contribution in [0.4, 0.5) is 0 Å². The largest absolute Gasteiger partial charge is 0.394 e. The Morgan fingerprint density at radius 1 is 1.19 bits per heavy atom. The molecule has 0 aromatic carbocycles. The van der Waals surface area contributed by atoms with Crippen LogP contribution in [0.1, 0.15) is 51.4 Å². The molecule has 0 unspecified atom stereocenters. The summed E-state index contributed by atoms with van der Waals surface area (Å²) in [6, 6.07) is -0.261. The van der Waals surface area contributed by atoms with E-state index in [0.29, 0.717) is 25.5 Å². The second-order valence-corrected chi connectivity index (χ2v) is 7.24. The van der Waals surface area contributed by atoms with Gasteiger partial charge in [-0.3, -0.25) is 9.59 Å². The van der Waals surface area contributed by atoms with Gasteiger partial charge in [0.25, 0.3) is 0 Å². The molecule has 1 aliphatic carbocycles. The lowest BCUT2D eigenvalue weighted by Gasteiger charge is -2.27. The lowest BCUT2D eigenvalue weighted by atomic mass is 9.85. The van der Waals surface area contributed by atoms with Crippen LogP contribution >= 0.6 is 0 Å². The Kier molecular flexibility index (Phi) is 12.8. The quantitative estimate of drug-likeness (QED) is 0.265. The molecule has 2 atom stereocenters. The van der Waals surface area contributed by atoms with E-state index < -0.39 is 5.92 Å².